The molecule has 1 aliphatic rings. The largest absolute Gasteiger partial charge is 0.406 e. The summed E-state index contributed by atoms with van der Waals surface area (Å²) in [5.74, 6) is -0.305. The molecule has 2 rings (SSSR count). The van der Waals surface area contributed by atoms with Gasteiger partial charge in [-0.25, -0.2) is 9.79 Å². The van der Waals surface area contributed by atoms with Gasteiger partial charge in [-0.05, 0) is 6.07 Å². The number of nitro groups is 1. The fourth-order valence-corrected chi connectivity index (χ4v) is 1.21. The van der Waals surface area contributed by atoms with Crippen molar-refractivity contribution in [2.75, 3.05) is 6.54 Å². The lowest BCUT2D eigenvalue weighted by Gasteiger charge is -1.99. The summed E-state index contributed by atoms with van der Waals surface area (Å²) in [6, 6.07) is 5.80. The van der Waals surface area contributed by atoms with Crippen LogP contribution in [0.4, 0.5) is 5.69 Å². The van der Waals surface area contributed by atoms with E-state index < -0.39 is 10.9 Å². The Morgan fingerprint density at radius 3 is 2.87 bits per heavy atom. The van der Waals surface area contributed by atoms with Crippen LogP contribution < -0.4 is 0 Å². The summed E-state index contributed by atoms with van der Waals surface area (Å²) in [4.78, 5) is 24.6. The minimum absolute atomic E-state index is 0.0297. The quantitative estimate of drug-likeness (QED) is 0.409. The van der Waals surface area contributed by atoms with Gasteiger partial charge in [0.1, 0.15) is 6.54 Å². The Bertz CT molecular complexity index is 467. The van der Waals surface area contributed by atoms with E-state index in [-0.39, 0.29) is 18.1 Å². The maximum Gasteiger partial charge on any atom is 0.334 e. The first-order valence-electron chi connectivity index (χ1n) is 4.17. The van der Waals surface area contributed by atoms with Gasteiger partial charge >= 0.3 is 5.97 Å². The van der Waals surface area contributed by atoms with Gasteiger partial charge in [0.2, 0.25) is 5.90 Å². The zero-order valence-electron chi connectivity index (χ0n) is 7.54. The van der Waals surface area contributed by atoms with Crippen molar-refractivity contribution >= 4 is 17.6 Å². The predicted molar refractivity (Wildman–Crippen MR) is 50.6 cm³/mol. The van der Waals surface area contributed by atoms with Gasteiger partial charge in [-0.1, -0.05) is 6.07 Å². The fraction of sp³-hybridized carbons (Fsp3) is 0.111. The van der Waals surface area contributed by atoms with Crippen molar-refractivity contribution in [2.24, 2.45) is 4.99 Å². The number of benzene rings is 1. The molecule has 0 saturated carbocycles. The van der Waals surface area contributed by atoms with Crippen molar-refractivity contribution in [1.82, 2.24) is 0 Å². The highest BCUT2D eigenvalue weighted by Gasteiger charge is 2.19. The van der Waals surface area contributed by atoms with Crippen LogP contribution in [-0.4, -0.2) is 23.3 Å². The van der Waals surface area contributed by atoms with Crippen LogP contribution in [0.1, 0.15) is 5.56 Å². The molecule has 6 heteroatoms. The molecule has 15 heavy (non-hydrogen) atoms. The number of hydrogen-bond acceptors (Lipinski definition) is 5. The molecule has 0 fully saturated rings. The summed E-state index contributed by atoms with van der Waals surface area (Å²) in [5, 5.41) is 10.5. The predicted octanol–water partition coefficient (Wildman–Crippen LogP) is 0.898. The topological polar surface area (TPSA) is 81.8 Å². The summed E-state index contributed by atoms with van der Waals surface area (Å²) in [6.07, 6.45) is 0. The minimum atomic E-state index is -0.513. The Hall–Kier alpha value is -2.24. The maximum absolute atomic E-state index is 10.8. The third-order valence-electron chi connectivity index (χ3n) is 1.87. The molecule has 0 aliphatic carbocycles. The smallest absolute Gasteiger partial charge is 0.334 e. The van der Waals surface area contributed by atoms with Crippen molar-refractivity contribution in [3.8, 4) is 0 Å². The van der Waals surface area contributed by atoms with E-state index in [1.807, 2.05) is 0 Å². The molecule has 0 spiro atoms. The molecule has 1 aromatic rings. The summed E-state index contributed by atoms with van der Waals surface area (Å²) in [5.41, 5.74) is 0.383. The fourth-order valence-electron chi connectivity index (χ4n) is 1.21. The number of ether oxygens (including phenoxy) is 1. The number of carbonyl (C=O) groups excluding carboxylic acids is 1. The van der Waals surface area contributed by atoms with Gasteiger partial charge < -0.3 is 4.74 Å². The Kier molecular flexibility index (Phi) is 2.17. The van der Waals surface area contributed by atoms with Crippen molar-refractivity contribution in [3.63, 3.8) is 0 Å². The molecule has 6 nitrogen and oxygen atoms in total. The molecule has 0 atom stereocenters. The molecule has 0 radical (unpaired) electrons. The van der Waals surface area contributed by atoms with Gasteiger partial charge in [0, 0.05) is 17.7 Å². The first kappa shape index (κ1) is 9.32. The number of nitro benzene ring substituents is 1. The van der Waals surface area contributed by atoms with Crippen LogP contribution in [0.3, 0.4) is 0 Å². The average molecular weight is 206 g/mol. The van der Waals surface area contributed by atoms with E-state index in [9.17, 15) is 14.9 Å². The second-order valence-electron chi connectivity index (χ2n) is 2.90. The summed E-state index contributed by atoms with van der Waals surface area (Å²) < 4.78 is 4.77. The number of non-ortho nitro benzene ring substituents is 1. The van der Waals surface area contributed by atoms with E-state index in [0.29, 0.717) is 5.56 Å². The number of rotatable bonds is 2. The van der Waals surface area contributed by atoms with E-state index >= 15 is 0 Å². The third kappa shape index (κ3) is 1.83. The molecule has 0 N–H and O–H groups in total. The zero-order valence-corrected chi connectivity index (χ0v) is 7.54. The van der Waals surface area contributed by atoms with E-state index in [4.69, 9.17) is 4.74 Å². The molecular formula is C9H6N2O4. The van der Waals surface area contributed by atoms with Crippen LogP contribution >= 0.6 is 0 Å². The number of carbonyl (C=O) groups is 1. The highest BCUT2D eigenvalue weighted by Crippen LogP contribution is 2.15. The van der Waals surface area contributed by atoms with Crippen molar-refractivity contribution in [1.29, 1.82) is 0 Å². The van der Waals surface area contributed by atoms with Crippen molar-refractivity contribution in [2.45, 2.75) is 0 Å². The van der Waals surface area contributed by atoms with Gasteiger partial charge in [0.15, 0.2) is 0 Å². The number of hydrogen-bond donors (Lipinski definition) is 0. The van der Waals surface area contributed by atoms with Gasteiger partial charge in [-0.2, -0.15) is 0 Å². The van der Waals surface area contributed by atoms with Crippen LogP contribution in [-0.2, 0) is 9.53 Å². The number of esters is 1. The molecular weight excluding hydrogens is 200 g/mol. The molecule has 0 saturated heterocycles. The van der Waals surface area contributed by atoms with Crippen LogP contribution in [0.25, 0.3) is 0 Å². The molecule has 76 valence electrons. The Morgan fingerprint density at radius 1 is 1.47 bits per heavy atom. The molecule has 0 aromatic heterocycles. The zero-order chi connectivity index (χ0) is 10.8. The minimum Gasteiger partial charge on any atom is -0.406 e. The molecule has 1 aromatic carbocycles. The van der Waals surface area contributed by atoms with E-state index in [2.05, 4.69) is 4.99 Å². The lowest BCUT2D eigenvalue weighted by molar-refractivity contribution is -0.384. The Labute approximate surface area is 84.3 Å². The first-order chi connectivity index (χ1) is 7.16. The normalized spacial score (nSPS) is 14.7. The van der Waals surface area contributed by atoms with Crippen LogP contribution in [0, 0.1) is 10.1 Å². The second kappa shape index (κ2) is 3.49. The highest BCUT2D eigenvalue weighted by molar-refractivity contribution is 6.05. The van der Waals surface area contributed by atoms with Gasteiger partial charge in [-0.15, -0.1) is 0 Å². The molecule has 0 amide bonds. The van der Waals surface area contributed by atoms with Crippen LogP contribution in [0.5, 0.6) is 0 Å². The molecule has 0 unspecified atom stereocenters. The summed E-state index contributed by atoms with van der Waals surface area (Å²) in [6.45, 7) is -0.0297. The van der Waals surface area contributed by atoms with Gasteiger partial charge in [0.05, 0.1) is 4.92 Å². The van der Waals surface area contributed by atoms with Gasteiger partial charge in [0.25, 0.3) is 5.69 Å². The van der Waals surface area contributed by atoms with Crippen molar-refractivity contribution in [3.05, 3.63) is 39.9 Å². The third-order valence-corrected chi connectivity index (χ3v) is 1.87. The maximum atomic E-state index is 10.8. The SMILES string of the molecule is O=C1CN=C(c2cccc([N+](=O)[O-])c2)O1. The van der Waals surface area contributed by atoms with E-state index in [1.165, 1.54) is 18.2 Å². The van der Waals surface area contributed by atoms with Crippen LogP contribution in [0.15, 0.2) is 29.3 Å². The summed E-state index contributed by atoms with van der Waals surface area (Å²) in [7, 11) is 0. The Balaban J connectivity index is 2.33. The molecule has 1 aliphatic heterocycles. The number of nitrogens with zero attached hydrogens (tertiary/aromatic N) is 2. The average Bonchev–Trinajstić information content (AvgIpc) is 2.65. The summed E-state index contributed by atoms with van der Waals surface area (Å²) >= 11 is 0. The lowest BCUT2D eigenvalue weighted by Crippen LogP contribution is -2.05. The first-order valence-corrected chi connectivity index (χ1v) is 4.17. The number of cyclic esters (lactones) is 1. The Morgan fingerprint density at radius 2 is 2.27 bits per heavy atom. The van der Waals surface area contributed by atoms with E-state index in [0.717, 1.165) is 0 Å². The second-order valence-corrected chi connectivity index (χ2v) is 2.90. The highest BCUT2D eigenvalue weighted by atomic mass is 16.6. The van der Waals surface area contributed by atoms with Gasteiger partial charge in [-0.3, -0.25) is 10.1 Å². The lowest BCUT2D eigenvalue weighted by atomic mass is 10.2. The van der Waals surface area contributed by atoms with Crippen molar-refractivity contribution < 1.29 is 14.5 Å². The standard InChI is InChI=1S/C9H6N2O4/c12-8-5-10-9(15-8)6-2-1-3-7(4-6)11(13)14/h1-4H,5H2. The number of aliphatic imine (C=N–C) groups is 1. The van der Waals surface area contributed by atoms with Crippen LogP contribution in [0.2, 0.25) is 0 Å². The molecule has 0 bridgehead atoms. The molecule has 1 heterocycles. The monoisotopic (exact) mass is 206 g/mol. The van der Waals surface area contributed by atoms with E-state index in [1.54, 1.807) is 6.07 Å².